The predicted octanol–water partition coefficient (Wildman–Crippen LogP) is 9.54. The Morgan fingerprint density at radius 3 is 2.06 bits per heavy atom. The Balaban J connectivity index is 1.91. The van der Waals surface area contributed by atoms with Crippen molar-refractivity contribution in [3.05, 3.63) is 70.8 Å². The molecular formula is C29H36Br2. The van der Waals surface area contributed by atoms with Gasteiger partial charge in [0, 0.05) is 10.7 Å². The third-order valence-corrected chi connectivity index (χ3v) is 7.67. The smallest absolute Gasteiger partial charge is 0.00313 e. The summed E-state index contributed by atoms with van der Waals surface area (Å²) in [6.45, 7) is 8.21. The summed E-state index contributed by atoms with van der Waals surface area (Å²) >= 11 is 7.12. The number of fused-ring (bicyclic) bond motifs is 3. The third kappa shape index (κ3) is 6.23. The highest BCUT2D eigenvalue weighted by Gasteiger charge is 2.24. The quantitative estimate of drug-likeness (QED) is 0.140. The summed E-state index contributed by atoms with van der Waals surface area (Å²) in [5, 5.41) is 2.23. The number of alkyl halides is 2. The monoisotopic (exact) mass is 542 g/mol. The van der Waals surface area contributed by atoms with Gasteiger partial charge in [-0.1, -0.05) is 107 Å². The van der Waals surface area contributed by atoms with Gasteiger partial charge in [-0.3, -0.25) is 0 Å². The molecule has 0 N–H and O–H groups in total. The molecule has 31 heavy (non-hydrogen) atoms. The SMILES string of the molecule is C=Cc1ccc2c(c1)Cc1c-2cc(CCCCCCBr)c(C=C)c1CCCCCCBr. The van der Waals surface area contributed by atoms with Gasteiger partial charge in [-0.05, 0) is 89.5 Å². The van der Waals surface area contributed by atoms with Crippen LogP contribution in [0.2, 0.25) is 0 Å². The van der Waals surface area contributed by atoms with Gasteiger partial charge in [-0.2, -0.15) is 0 Å². The number of aryl methyl sites for hydroxylation is 1. The molecule has 0 fully saturated rings. The van der Waals surface area contributed by atoms with Gasteiger partial charge in [0.05, 0.1) is 0 Å². The molecule has 0 aliphatic heterocycles. The first-order valence-corrected chi connectivity index (χ1v) is 14.2. The van der Waals surface area contributed by atoms with Crippen molar-refractivity contribution >= 4 is 44.0 Å². The highest BCUT2D eigenvalue weighted by Crippen LogP contribution is 2.42. The van der Waals surface area contributed by atoms with Gasteiger partial charge >= 0.3 is 0 Å². The zero-order chi connectivity index (χ0) is 22.1. The highest BCUT2D eigenvalue weighted by atomic mass is 79.9. The molecule has 166 valence electrons. The Bertz CT molecular complexity index is 894. The summed E-state index contributed by atoms with van der Waals surface area (Å²) in [4.78, 5) is 0. The molecule has 2 heteroatoms. The minimum Gasteiger partial charge on any atom is -0.0985 e. The summed E-state index contributed by atoms with van der Waals surface area (Å²) in [5.41, 5.74) is 11.6. The number of benzene rings is 2. The van der Waals surface area contributed by atoms with Crippen LogP contribution in [0.25, 0.3) is 23.3 Å². The molecule has 1 aliphatic carbocycles. The van der Waals surface area contributed by atoms with Crippen molar-refractivity contribution in [2.45, 2.75) is 70.6 Å². The molecule has 0 saturated carbocycles. The fraction of sp³-hybridized carbons (Fsp3) is 0.448. The molecule has 2 aromatic carbocycles. The number of rotatable bonds is 14. The molecule has 1 aliphatic rings. The summed E-state index contributed by atoms with van der Waals surface area (Å²) < 4.78 is 0. The van der Waals surface area contributed by atoms with Crippen LogP contribution in [0.15, 0.2) is 37.4 Å². The molecule has 0 amide bonds. The van der Waals surface area contributed by atoms with Crippen molar-refractivity contribution in [2.24, 2.45) is 0 Å². The lowest BCUT2D eigenvalue weighted by molar-refractivity contribution is 0.664. The Morgan fingerprint density at radius 1 is 0.742 bits per heavy atom. The molecule has 0 bridgehead atoms. The van der Waals surface area contributed by atoms with Gasteiger partial charge in [0.15, 0.2) is 0 Å². The van der Waals surface area contributed by atoms with Crippen LogP contribution < -0.4 is 0 Å². The molecule has 2 aromatic rings. The molecule has 0 unspecified atom stereocenters. The fourth-order valence-corrected chi connectivity index (χ4v) is 5.69. The fourth-order valence-electron chi connectivity index (χ4n) is 4.90. The zero-order valence-electron chi connectivity index (χ0n) is 18.8. The van der Waals surface area contributed by atoms with Crippen molar-refractivity contribution < 1.29 is 0 Å². The number of hydrogen-bond donors (Lipinski definition) is 0. The maximum absolute atomic E-state index is 4.24. The van der Waals surface area contributed by atoms with Crippen molar-refractivity contribution in [1.29, 1.82) is 0 Å². The van der Waals surface area contributed by atoms with E-state index in [0.29, 0.717) is 0 Å². The Labute approximate surface area is 206 Å². The minimum atomic E-state index is 1.05. The Kier molecular flexibility index (Phi) is 10.1. The van der Waals surface area contributed by atoms with E-state index in [4.69, 9.17) is 0 Å². The molecule has 0 spiro atoms. The van der Waals surface area contributed by atoms with Crippen LogP contribution in [0.4, 0.5) is 0 Å². The van der Waals surface area contributed by atoms with Crippen LogP contribution in [0.1, 0.15) is 84.7 Å². The minimum absolute atomic E-state index is 1.05. The first-order valence-electron chi connectivity index (χ1n) is 11.9. The van der Waals surface area contributed by atoms with Gasteiger partial charge in [0.1, 0.15) is 0 Å². The van der Waals surface area contributed by atoms with Crippen LogP contribution in [0.5, 0.6) is 0 Å². The maximum atomic E-state index is 4.24. The van der Waals surface area contributed by atoms with Gasteiger partial charge in [0.25, 0.3) is 0 Å². The maximum Gasteiger partial charge on any atom is 0.00313 e. The van der Waals surface area contributed by atoms with Crippen LogP contribution in [0.3, 0.4) is 0 Å². The van der Waals surface area contributed by atoms with E-state index in [1.54, 1.807) is 11.1 Å². The largest absolute Gasteiger partial charge is 0.0985 e. The van der Waals surface area contributed by atoms with Gasteiger partial charge in [-0.15, -0.1) is 0 Å². The summed E-state index contributed by atoms with van der Waals surface area (Å²) in [7, 11) is 0. The second-order valence-corrected chi connectivity index (χ2v) is 10.2. The van der Waals surface area contributed by atoms with Crippen LogP contribution >= 0.6 is 31.9 Å². The van der Waals surface area contributed by atoms with Crippen molar-refractivity contribution in [3.63, 3.8) is 0 Å². The summed E-state index contributed by atoms with van der Waals surface area (Å²) in [5.74, 6) is 0. The number of hydrogen-bond acceptors (Lipinski definition) is 0. The van der Waals surface area contributed by atoms with E-state index < -0.39 is 0 Å². The van der Waals surface area contributed by atoms with Crippen LogP contribution in [-0.4, -0.2) is 10.7 Å². The summed E-state index contributed by atoms with van der Waals surface area (Å²) in [6, 6.07) is 9.34. The molecule has 0 atom stereocenters. The molecule has 0 aromatic heterocycles. The molecule has 0 radical (unpaired) electrons. The number of halogens is 2. The highest BCUT2D eigenvalue weighted by molar-refractivity contribution is 9.09. The van der Waals surface area contributed by atoms with E-state index in [2.05, 4.69) is 75.4 Å². The van der Waals surface area contributed by atoms with Gasteiger partial charge in [0.2, 0.25) is 0 Å². The summed E-state index contributed by atoms with van der Waals surface area (Å²) in [6.07, 6.45) is 17.8. The first-order chi connectivity index (χ1) is 15.2. The van der Waals surface area contributed by atoms with E-state index in [0.717, 1.165) is 23.5 Å². The molecule has 3 rings (SSSR count). The molecule has 0 nitrogen and oxygen atoms in total. The van der Waals surface area contributed by atoms with Crippen LogP contribution in [-0.2, 0) is 19.3 Å². The molecule has 0 saturated heterocycles. The van der Waals surface area contributed by atoms with E-state index >= 15 is 0 Å². The van der Waals surface area contributed by atoms with E-state index in [1.807, 2.05) is 6.08 Å². The Morgan fingerprint density at radius 2 is 1.42 bits per heavy atom. The van der Waals surface area contributed by atoms with E-state index in [9.17, 15) is 0 Å². The number of unbranched alkanes of at least 4 members (excludes halogenated alkanes) is 6. The van der Waals surface area contributed by atoms with Crippen molar-refractivity contribution in [1.82, 2.24) is 0 Å². The van der Waals surface area contributed by atoms with Gasteiger partial charge in [-0.25, -0.2) is 0 Å². The topological polar surface area (TPSA) is 0 Å². The average molecular weight is 544 g/mol. The predicted molar refractivity (Wildman–Crippen MR) is 147 cm³/mol. The third-order valence-electron chi connectivity index (χ3n) is 6.55. The average Bonchev–Trinajstić information content (AvgIpc) is 3.16. The van der Waals surface area contributed by atoms with E-state index in [1.165, 1.54) is 91.2 Å². The van der Waals surface area contributed by atoms with Crippen LogP contribution in [0, 0.1) is 0 Å². The second kappa shape index (κ2) is 12.8. The van der Waals surface area contributed by atoms with Crippen molar-refractivity contribution in [3.8, 4) is 11.1 Å². The lowest BCUT2D eigenvalue weighted by atomic mass is 9.87. The zero-order valence-corrected chi connectivity index (χ0v) is 22.0. The standard InChI is InChI=1S/C29H36Br2/c1-3-22-15-16-26-24(19-22)21-29-27(14-10-6-8-12-18-31)25(4-2)23(20-28(26)29)13-9-5-7-11-17-30/h3-4,15-16,19-20H,1-2,5-14,17-18,21H2. The molecule has 0 heterocycles. The first kappa shape index (κ1) is 24.5. The Hall–Kier alpha value is -1.12. The normalized spacial score (nSPS) is 11.9. The molecular weight excluding hydrogens is 508 g/mol. The lowest BCUT2D eigenvalue weighted by Gasteiger charge is -2.18. The lowest BCUT2D eigenvalue weighted by Crippen LogP contribution is -2.03. The van der Waals surface area contributed by atoms with Gasteiger partial charge < -0.3 is 0 Å². The van der Waals surface area contributed by atoms with Crippen molar-refractivity contribution in [2.75, 3.05) is 10.7 Å². The van der Waals surface area contributed by atoms with E-state index in [-0.39, 0.29) is 0 Å². The second-order valence-electron chi connectivity index (χ2n) is 8.66.